The second-order valence-electron chi connectivity index (χ2n) is 7.69. The highest BCUT2D eigenvalue weighted by Crippen LogP contribution is 2.43. The third-order valence-corrected chi connectivity index (χ3v) is 6.01. The maximum absolute atomic E-state index is 12.8. The minimum absolute atomic E-state index is 0.0216. The Bertz CT molecular complexity index is 1040. The van der Waals surface area contributed by atoms with Crippen LogP contribution in [0.4, 0.5) is 0 Å². The molecule has 1 atom stereocenters. The van der Waals surface area contributed by atoms with Crippen molar-refractivity contribution in [3.63, 3.8) is 0 Å². The summed E-state index contributed by atoms with van der Waals surface area (Å²) >= 11 is 6.41. The molecular formula is C22H22ClN3O2. The summed E-state index contributed by atoms with van der Waals surface area (Å²) in [6.07, 6.45) is 9.43. The number of fused-ring (bicyclic) bond motifs is 2. The van der Waals surface area contributed by atoms with Crippen LogP contribution in [0, 0.1) is 0 Å². The van der Waals surface area contributed by atoms with Gasteiger partial charge in [-0.15, -0.1) is 0 Å². The molecule has 6 heteroatoms. The Morgan fingerprint density at radius 3 is 2.89 bits per heavy atom. The van der Waals surface area contributed by atoms with Gasteiger partial charge in [-0.25, -0.2) is 4.98 Å². The quantitative estimate of drug-likeness (QED) is 0.679. The molecule has 0 saturated heterocycles. The first-order valence-corrected chi connectivity index (χ1v) is 10.3. The second-order valence-corrected chi connectivity index (χ2v) is 8.13. The van der Waals surface area contributed by atoms with E-state index in [4.69, 9.17) is 16.3 Å². The van der Waals surface area contributed by atoms with Crippen molar-refractivity contribution in [3.8, 4) is 16.9 Å². The number of carbonyl (C=O) groups is 1. The summed E-state index contributed by atoms with van der Waals surface area (Å²) in [5.41, 5.74) is 3.70. The molecule has 2 aliphatic rings. The van der Waals surface area contributed by atoms with E-state index in [1.165, 1.54) is 19.3 Å². The Morgan fingerprint density at radius 2 is 2.04 bits per heavy atom. The van der Waals surface area contributed by atoms with Crippen LogP contribution in [0.3, 0.4) is 0 Å². The number of ether oxygens (including phenoxy) is 1. The van der Waals surface area contributed by atoms with Gasteiger partial charge >= 0.3 is 0 Å². The zero-order chi connectivity index (χ0) is 19.1. The SMILES string of the molecule is O=C(NC1CCCCC1)C1Cc2cc(Cl)cc(-c3ccnc4[nH]ccc34)c2O1. The molecule has 1 saturated carbocycles. The van der Waals surface area contributed by atoms with Gasteiger partial charge in [-0.1, -0.05) is 30.9 Å². The lowest BCUT2D eigenvalue weighted by molar-refractivity contribution is -0.128. The molecule has 5 nitrogen and oxygen atoms in total. The number of hydrogen-bond acceptors (Lipinski definition) is 3. The van der Waals surface area contributed by atoms with E-state index in [9.17, 15) is 4.79 Å². The molecule has 1 aromatic carbocycles. The molecule has 1 aliphatic carbocycles. The number of rotatable bonds is 3. The summed E-state index contributed by atoms with van der Waals surface area (Å²) in [5.74, 6) is 0.730. The highest BCUT2D eigenvalue weighted by atomic mass is 35.5. The molecule has 1 aliphatic heterocycles. The van der Waals surface area contributed by atoms with Gasteiger partial charge in [0.1, 0.15) is 11.4 Å². The van der Waals surface area contributed by atoms with E-state index >= 15 is 0 Å². The standard InChI is InChI=1S/C22H22ClN3O2/c23-14-10-13-11-19(22(27)26-15-4-2-1-3-5-15)28-20(13)18(12-14)16-6-8-24-21-17(16)7-9-25-21/h6-10,12,15,19H,1-5,11H2,(H,24,25)(H,26,27). The third kappa shape index (κ3) is 3.14. The van der Waals surface area contributed by atoms with E-state index in [1.807, 2.05) is 30.5 Å². The van der Waals surface area contributed by atoms with E-state index in [0.717, 1.165) is 46.3 Å². The lowest BCUT2D eigenvalue weighted by atomic mass is 9.95. The number of aromatic nitrogens is 2. The van der Waals surface area contributed by atoms with Gasteiger partial charge in [0.25, 0.3) is 5.91 Å². The van der Waals surface area contributed by atoms with Crippen LogP contribution in [0.2, 0.25) is 5.02 Å². The Balaban J connectivity index is 1.45. The summed E-state index contributed by atoms with van der Waals surface area (Å²) in [4.78, 5) is 20.3. The zero-order valence-corrected chi connectivity index (χ0v) is 16.3. The van der Waals surface area contributed by atoms with Crippen LogP contribution in [-0.4, -0.2) is 28.0 Å². The molecule has 0 radical (unpaired) electrons. The van der Waals surface area contributed by atoms with Crippen molar-refractivity contribution >= 4 is 28.5 Å². The molecule has 5 rings (SSSR count). The average molecular weight is 396 g/mol. The predicted molar refractivity (Wildman–Crippen MR) is 110 cm³/mol. The predicted octanol–water partition coefficient (Wildman–Crippen LogP) is 4.64. The molecule has 3 heterocycles. The lowest BCUT2D eigenvalue weighted by Gasteiger charge is -2.24. The van der Waals surface area contributed by atoms with Crippen molar-refractivity contribution < 1.29 is 9.53 Å². The van der Waals surface area contributed by atoms with Crippen molar-refractivity contribution in [1.29, 1.82) is 0 Å². The van der Waals surface area contributed by atoms with Crippen LogP contribution in [0.5, 0.6) is 5.75 Å². The Labute approximate surface area is 168 Å². The minimum atomic E-state index is -0.502. The van der Waals surface area contributed by atoms with Gasteiger partial charge < -0.3 is 15.0 Å². The number of aromatic amines is 1. The maximum atomic E-state index is 12.8. The number of carbonyl (C=O) groups excluding carboxylic acids is 1. The van der Waals surface area contributed by atoms with Gasteiger partial charge in [0.05, 0.1) is 0 Å². The van der Waals surface area contributed by atoms with Crippen molar-refractivity contribution in [2.24, 2.45) is 0 Å². The largest absolute Gasteiger partial charge is 0.479 e. The Morgan fingerprint density at radius 1 is 1.18 bits per heavy atom. The van der Waals surface area contributed by atoms with Gasteiger partial charge in [-0.2, -0.15) is 0 Å². The van der Waals surface area contributed by atoms with E-state index < -0.39 is 6.10 Å². The summed E-state index contributed by atoms with van der Waals surface area (Å²) in [5, 5.41) is 4.83. The molecule has 0 bridgehead atoms. The number of nitrogens with one attached hydrogen (secondary N) is 2. The van der Waals surface area contributed by atoms with Gasteiger partial charge in [0.15, 0.2) is 6.10 Å². The van der Waals surface area contributed by atoms with E-state index in [-0.39, 0.29) is 11.9 Å². The minimum Gasteiger partial charge on any atom is -0.479 e. The maximum Gasteiger partial charge on any atom is 0.261 e. The van der Waals surface area contributed by atoms with Crippen LogP contribution in [0.25, 0.3) is 22.2 Å². The van der Waals surface area contributed by atoms with E-state index in [2.05, 4.69) is 15.3 Å². The summed E-state index contributed by atoms with van der Waals surface area (Å²) in [6, 6.07) is 8.04. The van der Waals surface area contributed by atoms with Crippen LogP contribution in [0.1, 0.15) is 37.7 Å². The number of H-pyrrole nitrogens is 1. The van der Waals surface area contributed by atoms with Crippen LogP contribution in [-0.2, 0) is 11.2 Å². The van der Waals surface area contributed by atoms with Crippen molar-refractivity contribution in [2.75, 3.05) is 0 Å². The van der Waals surface area contributed by atoms with Crippen molar-refractivity contribution in [3.05, 3.63) is 47.2 Å². The monoisotopic (exact) mass is 395 g/mol. The molecule has 1 amide bonds. The van der Waals surface area contributed by atoms with Gasteiger partial charge in [0.2, 0.25) is 0 Å². The molecule has 144 valence electrons. The van der Waals surface area contributed by atoms with E-state index in [1.54, 1.807) is 6.20 Å². The first kappa shape index (κ1) is 17.6. The van der Waals surface area contributed by atoms with Gasteiger partial charge in [-0.05, 0) is 42.7 Å². The van der Waals surface area contributed by atoms with Crippen LogP contribution < -0.4 is 10.1 Å². The Hall–Kier alpha value is -2.53. The number of benzene rings is 1. The van der Waals surface area contributed by atoms with E-state index in [0.29, 0.717) is 11.4 Å². The molecule has 1 unspecified atom stereocenters. The number of hydrogen-bond donors (Lipinski definition) is 2. The first-order chi connectivity index (χ1) is 13.7. The van der Waals surface area contributed by atoms with Crippen molar-refractivity contribution in [1.82, 2.24) is 15.3 Å². The first-order valence-electron chi connectivity index (χ1n) is 9.91. The number of amides is 1. The number of pyridine rings is 1. The van der Waals surface area contributed by atoms with Gasteiger partial charge in [-0.3, -0.25) is 4.79 Å². The number of nitrogens with zero attached hydrogens (tertiary/aromatic N) is 1. The fraction of sp³-hybridized carbons (Fsp3) is 0.364. The molecule has 28 heavy (non-hydrogen) atoms. The fourth-order valence-corrected chi connectivity index (χ4v) is 4.65. The molecular weight excluding hydrogens is 374 g/mol. The van der Waals surface area contributed by atoms with Gasteiger partial charge in [0, 0.05) is 46.4 Å². The zero-order valence-electron chi connectivity index (χ0n) is 15.5. The topological polar surface area (TPSA) is 67.0 Å². The molecule has 2 aromatic heterocycles. The normalized spacial score (nSPS) is 19.4. The highest BCUT2D eigenvalue weighted by molar-refractivity contribution is 6.31. The smallest absolute Gasteiger partial charge is 0.261 e. The Kier molecular flexibility index (Phi) is 4.47. The summed E-state index contributed by atoms with van der Waals surface area (Å²) in [7, 11) is 0. The lowest BCUT2D eigenvalue weighted by Crippen LogP contribution is -2.44. The third-order valence-electron chi connectivity index (χ3n) is 5.79. The highest BCUT2D eigenvalue weighted by Gasteiger charge is 2.33. The average Bonchev–Trinajstić information content (AvgIpc) is 3.34. The van der Waals surface area contributed by atoms with Crippen LogP contribution >= 0.6 is 11.6 Å². The molecule has 0 spiro atoms. The second kappa shape index (κ2) is 7.13. The summed E-state index contributed by atoms with van der Waals surface area (Å²) in [6.45, 7) is 0. The molecule has 1 fully saturated rings. The fourth-order valence-electron chi connectivity index (χ4n) is 4.41. The number of halogens is 1. The summed E-state index contributed by atoms with van der Waals surface area (Å²) < 4.78 is 6.18. The molecule has 2 N–H and O–H groups in total. The molecule has 3 aromatic rings. The van der Waals surface area contributed by atoms with Crippen LogP contribution in [0.15, 0.2) is 36.7 Å². The van der Waals surface area contributed by atoms with Crippen molar-refractivity contribution in [2.45, 2.75) is 50.7 Å².